The second kappa shape index (κ2) is 6.01. The molecule has 1 rings (SSSR count). The van der Waals surface area contributed by atoms with E-state index in [1.54, 1.807) is 0 Å². The van der Waals surface area contributed by atoms with Gasteiger partial charge >= 0.3 is 0 Å². The lowest BCUT2D eigenvalue weighted by atomic mass is 10.2. The molecule has 0 radical (unpaired) electrons. The topological polar surface area (TPSA) is 9.23 Å². The van der Waals surface area contributed by atoms with Crippen molar-refractivity contribution in [3.63, 3.8) is 0 Å². The van der Waals surface area contributed by atoms with Gasteiger partial charge in [0.2, 0.25) is 0 Å². The molecule has 0 aliphatic heterocycles. The molecule has 1 unspecified atom stereocenters. The fraction of sp³-hybridized carbons (Fsp3) is 0.455. The Morgan fingerprint density at radius 2 is 2.00 bits per heavy atom. The van der Waals surface area contributed by atoms with Crippen LogP contribution in [0, 0.1) is 0 Å². The van der Waals surface area contributed by atoms with Gasteiger partial charge in [0, 0.05) is 12.0 Å². The van der Waals surface area contributed by atoms with Gasteiger partial charge in [-0.2, -0.15) is 0 Å². The fourth-order valence-electron chi connectivity index (χ4n) is 1.01. The van der Waals surface area contributed by atoms with Crippen molar-refractivity contribution in [1.29, 1.82) is 0 Å². The van der Waals surface area contributed by atoms with Crippen LogP contribution in [-0.2, 0) is 11.3 Å². The van der Waals surface area contributed by atoms with E-state index in [9.17, 15) is 0 Å². The average Bonchev–Trinajstić information content (AvgIpc) is 2.14. The Morgan fingerprint density at radius 1 is 1.31 bits per heavy atom. The van der Waals surface area contributed by atoms with Gasteiger partial charge < -0.3 is 4.74 Å². The van der Waals surface area contributed by atoms with Gasteiger partial charge in [0.1, 0.15) is 0 Å². The summed E-state index contributed by atoms with van der Waals surface area (Å²) < 4.78 is 5.45. The molecule has 13 heavy (non-hydrogen) atoms. The molecule has 0 N–H and O–H groups in total. The molecule has 1 aromatic carbocycles. The van der Waals surface area contributed by atoms with E-state index in [4.69, 9.17) is 16.3 Å². The third-order valence-corrected chi connectivity index (χ3v) is 1.99. The summed E-state index contributed by atoms with van der Waals surface area (Å²) in [6, 6.07) is 10.2. The number of benzene rings is 1. The van der Waals surface area contributed by atoms with Crippen molar-refractivity contribution in [3.8, 4) is 0 Å². The summed E-state index contributed by atoms with van der Waals surface area (Å²) >= 11 is 5.78. The highest BCUT2D eigenvalue weighted by atomic mass is 35.5. The van der Waals surface area contributed by atoms with Gasteiger partial charge in [-0.1, -0.05) is 30.3 Å². The van der Waals surface area contributed by atoms with E-state index in [0.29, 0.717) is 6.61 Å². The maximum Gasteiger partial charge on any atom is 0.0716 e. The van der Waals surface area contributed by atoms with E-state index in [0.717, 1.165) is 13.0 Å². The maximum absolute atomic E-state index is 5.78. The molecule has 0 spiro atoms. The second-order valence-corrected chi connectivity index (χ2v) is 3.85. The molecular weight excluding hydrogens is 184 g/mol. The van der Waals surface area contributed by atoms with Crippen molar-refractivity contribution >= 4 is 11.6 Å². The number of alkyl halides is 1. The number of ether oxygens (including phenoxy) is 1. The van der Waals surface area contributed by atoms with E-state index in [1.165, 1.54) is 5.56 Å². The monoisotopic (exact) mass is 198 g/mol. The lowest BCUT2D eigenvalue weighted by Crippen LogP contribution is -2.00. The summed E-state index contributed by atoms with van der Waals surface area (Å²) in [5.74, 6) is 0. The Hall–Kier alpha value is -0.530. The van der Waals surface area contributed by atoms with Gasteiger partial charge in [-0.25, -0.2) is 0 Å². The van der Waals surface area contributed by atoms with E-state index in [2.05, 4.69) is 12.1 Å². The number of hydrogen-bond acceptors (Lipinski definition) is 1. The second-order valence-electron chi connectivity index (χ2n) is 3.11. The highest BCUT2D eigenvalue weighted by molar-refractivity contribution is 6.20. The quantitative estimate of drug-likeness (QED) is 0.522. The Labute approximate surface area is 84.7 Å². The van der Waals surface area contributed by atoms with Crippen LogP contribution in [0.4, 0.5) is 0 Å². The Kier molecular flexibility index (Phi) is 4.87. The van der Waals surface area contributed by atoms with Crippen LogP contribution < -0.4 is 0 Å². The van der Waals surface area contributed by atoms with Crippen LogP contribution in [0.25, 0.3) is 0 Å². The van der Waals surface area contributed by atoms with Gasteiger partial charge in [-0.05, 0) is 18.9 Å². The van der Waals surface area contributed by atoms with Crippen molar-refractivity contribution in [2.24, 2.45) is 0 Å². The molecule has 0 aromatic heterocycles. The molecule has 0 heterocycles. The summed E-state index contributed by atoms with van der Waals surface area (Å²) in [4.78, 5) is 0. The summed E-state index contributed by atoms with van der Waals surface area (Å²) in [7, 11) is 0. The smallest absolute Gasteiger partial charge is 0.0716 e. The zero-order chi connectivity index (χ0) is 9.52. The SMILES string of the molecule is CC(Cl)CCOCc1ccccc1. The van der Waals surface area contributed by atoms with Crippen LogP contribution in [0.2, 0.25) is 0 Å². The van der Waals surface area contributed by atoms with Crippen molar-refractivity contribution in [2.45, 2.75) is 25.3 Å². The lowest BCUT2D eigenvalue weighted by molar-refractivity contribution is 0.118. The maximum atomic E-state index is 5.78. The van der Waals surface area contributed by atoms with E-state index in [-0.39, 0.29) is 5.38 Å². The van der Waals surface area contributed by atoms with Crippen LogP contribution in [0.3, 0.4) is 0 Å². The number of halogens is 1. The minimum Gasteiger partial charge on any atom is -0.377 e. The molecule has 0 amide bonds. The zero-order valence-electron chi connectivity index (χ0n) is 7.87. The van der Waals surface area contributed by atoms with E-state index >= 15 is 0 Å². The Bertz CT molecular complexity index is 221. The van der Waals surface area contributed by atoms with Gasteiger partial charge in [0.15, 0.2) is 0 Å². The Balaban J connectivity index is 2.13. The van der Waals surface area contributed by atoms with Crippen LogP contribution in [0.5, 0.6) is 0 Å². The molecule has 72 valence electrons. The molecule has 0 saturated carbocycles. The minimum absolute atomic E-state index is 0.204. The lowest BCUT2D eigenvalue weighted by Gasteiger charge is -2.04. The van der Waals surface area contributed by atoms with E-state index < -0.39 is 0 Å². The summed E-state index contributed by atoms with van der Waals surface area (Å²) in [6.07, 6.45) is 0.911. The zero-order valence-corrected chi connectivity index (χ0v) is 8.63. The third-order valence-electron chi connectivity index (χ3n) is 1.77. The standard InChI is InChI=1S/C11H15ClO/c1-10(12)7-8-13-9-11-5-3-2-4-6-11/h2-6,10H,7-9H2,1H3. The molecule has 2 heteroatoms. The summed E-state index contributed by atoms with van der Waals surface area (Å²) in [5, 5.41) is 0.204. The van der Waals surface area contributed by atoms with Crippen LogP contribution in [0.15, 0.2) is 30.3 Å². The van der Waals surface area contributed by atoms with Crippen molar-refractivity contribution in [3.05, 3.63) is 35.9 Å². The molecule has 0 fully saturated rings. The molecule has 1 atom stereocenters. The predicted molar refractivity (Wildman–Crippen MR) is 56.0 cm³/mol. The first-order valence-corrected chi connectivity index (χ1v) is 4.98. The van der Waals surface area contributed by atoms with Gasteiger partial charge in [0.05, 0.1) is 6.61 Å². The van der Waals surface area contributed by atoms with Gasteiger partial charge in [-0.3, -0.25) is 0 Å². The summed E-state index contributed by atoms with van der Waals surface area (Å²) in [5.41, 5.74) is 1.21. The highest BCUT2D eigenvalue weighted by Gasteiger charge is 1.96. The minimum atomic E-state index is 0.204. The van der Waals surface area contributed by atoms with Crippen molar-refractivity contribution < 1.29 is 4.74 Å². The van der Waals surface area contributed by atoms with Crippen LogP contribution >= 0.6 is 11.6 Å². The average molecular weight is 199 g/mol. The number of hydrogen-bond donors (Lipinski definition) is 0. The predicted octanol–water partition coefficient (Wildman–Crippen LogP) is 3.22. The first-order chi connectivity index (χ1) is 6.29. The largest absolute Gasteiger partial charge is 0.377 e. The Morgan fingerprint density at radius 3 is 2.62 bits per heavy atom. The normalized spacial score (nSPS) is 12.8. The molecular formula is C11H15ClO. The van der Waals surface area contributed by atoms with Crippen LogP contribution in [-0.4, -0.2) is 12.0 Å². The van der Waals surface area contributed by atoms with Crippen molar-refractivity contribution in [2.75, 3.05) is 6.61 Å². The molecule has 0 bridgehead atoms. The van der Waals surface area contributed by atoms with E-state index in [1.807, 2.05) is 25.1 Å². The highest BCUT2D eigenvalue weighted by Crippen LogP contribution is 2.03. The third kappa shape index (κ3) is 4.91. The van der Waals surface area contributed by atoms with Gasteiger partial charge in [-0.15, -0.1) is 11.6 Å². The molecule has 1 nitrogen and oxygen atoms in total. The first kappa shape index (κ1) is 10.6. The molecule has 0 aliphatic rings. The van der Waals surface area contributed by atoms with Gasteiger partial charge in [0.25, 0.3) is 0 Å². The molecule has 0 aliphatic carbocycles. The first-order valence-electron chi connectivity index (χ1n) is 4.55. The van der Waals surface area contributed by atoms with Crippen molar-refractivity contribution in [1.82, 2.24) is 0 Å². The molecule has 0 saturated heterocycles. The molecule has 1 aromatic rings. The number of rotatable bonds is 5. The van der Waals surface area contributed by atoms with Crippen LogP contribution in [0.1, 0.15) is 18.9 Å². The summed E-state index contributed by atoms with van der Waals surface area (Å²) in [6.45, 7) is 3.40. The fourth-order valence-corrected chi connectivity index (χ4v) is 1.10.